The van der Waals surface area contributed by atoms with Crippen molar-refractivity contribution in [2.75, 3.05) is 33.3 Å². The molecule has 5 heteroatoms. The molecule has 2 bridgehead atoms. The third-order valence-corrected chi connectivity index (χ3v) is 6.89. The fraction of sp³-hybridized carbons (Fsp3) is 0.400. The molecule has 4 aliphatic rings. The molecule has 4 nitrogen and oxygen atoms in total. The highest BCUT2D eigenvalue weighted by atomic mass is 19.1. The van der Waals surface area contributed by atoms with E-state index < -0.39 is 0 Å². The number of ether oxygens (including phenoxy) is 1. The summed E-state index contributed by atoms with van der Waals surface area (Å²) in [5.41, 5.74) is 4.42. The SMILES string of the molecule is CO/C(C(=O)N1CCc2ccccc2[C@@H]1c1ccc(F)cc1)=C1/CN2CCC1CC2. The molecule has 6 rings (SSSR count). The Labute approximate surface area is 176 Å². The normalized spacial score (nSPS) is 26.9. The quantitative estimate of drug-likeness (QED) is 0.572. The number of fused-ring (bicyclic) bond motifs is 4. The van der Waals surface area contributed by atoms with Gasteiger partial charge >= 0.3 is 0 Å². The Kier molecular flexibility index (Phi) is 5.07. The van der Waals surface area contributed by atoms with Crippen LogP contribution in [0.1, 0.15) is 35.6 Å². The number of hydrogen-bond acceptors (Lipinski definition) is 3. The Balaban J connectivity index is 1.56. The maximum absolute atomic E-state index is 13.8. The van der Waals surface area contributed by atoms with Crippen LogP contribution in [0.4, 0.5) is 4.39 Å². The number of benzene rings is 2. The van der Waals surface area contributed by atoms with Crippen molar-refractivity contribution in [3.8, 4) is 0 Å². The summed E-state index contributed by atoms with van der Waals surface area (Å²) in [7, 11) is 1.61. The molecule has 2 aromatic carbocycles. The van der Waals surface area contributed by atoms with E-state index in [4.69, 9.17) is 4.74 Å². The zero-order valence-corrected chi connectivity index (χ0v) is 17.3. The molecular formula is C25H27FN2O2. The number of amides is 1. The first kappa shape index (κ1) is 19.3. The number of carbonyl (C=O) groups excluding carboxylic acids is 1. The molecule has 4 heterocycles. The minimum Gasteiger partial charge on any atom is -0.491 e. The summed E-state index contributed by atoms with van der Waals surface area (Å²) >= 11 is 0. The van der Waals surface area contributed by atoms with E-state index in [1.165, 1.54) is 17.7 Å². The maximum atomic E-state index is 13.8. The highest BCUT2D eigenvalue weighted by Gasteiger charge is 2.38. The number of rotatable bonds is 3. The van der Waals surface area contributed by atoms with Crippen molar-refractivity contribution in [3.05, 3.63) is 82.4 Å². The van der Waals surface area contributed by atoms with Gasteiger partial charge < -0.3 is 9.64 Å². The molecular weight excluding hydrogens is 379 g/mol. The molecule has 1 amide bonds. The molecule has 3 saturated heterocycles. The molecule has 0 aromatic heterocycles. The van der Waals surface area contributed by atoms with Crippen LogP contribution in [-0.4, -0.2) is 49.0 Å². The first-order chi connectivity index (χ1) is 14.7. The lowest BCUT2D eigenvalue weighted by atomic mass is 9.82. The average molecular weight is 407 g/mol. The molecule has 0 saturated carbocycles. The zero-order valence-electron chi connectivity index (χ0n) is 17.3. The summed E-state index contributed by atoms with van der Waals surface area (Å²) in [4.78, 5) is 18.1. The molecule has 2 aromatic rings. The molecule has 3 fully saturated rings. The Morgan fingerprint density at radius 3 is 2.43 bits per heavy atom. The highest BCUT2D eigenvalue weighted by molar-refractivity contribution is 5.93. The Morgan fingerprint density at radius 1 is 1.03 bits per heavy atom. The molecule has 0 N–H and O–H groups in total. The van der Waals surface area contributed by atoms with Crippen molar-refractivity contribution in [2.24, 2.45) is 5.92 Å². The van der Waals surface area contributed by atoms with Gasteiger partial charge in [0.1, 0.15) is 5.82 Å². The third-order valence-electron chi connectivity index (χ3n) is 6.89. The van der Waals surface area contributed by atoms with Gasteiger partial charge in [0.05, 0.1) is 13.2 Å². The van der Waals surface area contributed by atoms with Crippen LogP contribution in [0.3, 0.4) is 0 Å². The van der Waals surface area contributed by atoms with Crippen LogP contribution in [0.5, 0.6) is 0 Å². The van der Waals surface area contributed by atoms with Gasteiger partial charge in [-0.15, -0.1) is 0 Å². The minimum absolute atomic E-state index is 0.0509. The molecule has 0 spiro atoms. The molecule has 156 valence electrons. The van der Waals surface area contributed by atoms with Crippen molar-refractivity contribution < 1.29 is 13.9 Å². The van der Waals surface area contributed by atoms with Gasteiger partial charge in [-0.2, -0.15) is 0 Å². The summed E-state index contributed by atoms with van der Waals surface area (Å²) < 4.78 is 19.4. The van der Waals surface area contributed by atoms with Gasteiger partial charge in [0.25, 0.3) is 5.91 Å². The van der Waals surface area contributed by atoms with Crippen LogP contribution in [0, 0.1) is 11.7 Å². The van der Waals surface area contributed by atoms with Gasteiger partial charge in [0, 0.05) is 13.1 Å². The second-order valence-corrected chi connectivity index (χ2v) is 8.51. The van der Waals surface area contributed by atoms with Crippen LogP contribution in [0.15, 0.2) is 59.9 Å². The molecule has 1 atom stereocenters. The predicted molar refractivity (Wildman–Crippen MR) is 113 cm³/mol. The van der Waals surface area contributed by atoms with Gasteiger partial charge in [-0.25, -0.2) is 4.39 Å². The predicted octanol–water partition coefficient (Wildman–Crippen LogP) is 3.93. The van der Waals surface area contributed by atoms with Gasteiger partial charge in [-0.1, -0.05) is 36.4 Å². The topological polar surface area (TPSA) is 32.8 Å². The second kappa shape index (κ2) is 7.88. The van der Waals surface area contributed by atoms with Crippen LogP contribution < -0.4 is 0 Å². The monoisotopic (exact) mass is 406 g/mol. The highest BCUT2D eigenvalue weighted by Crippen LogP contribution is 2.39. The van der Waals surface area contributed by atoms with Crippen LogP contribution in [0.2, 0.25) is 0 Å². The second-order valence-electron chi connectivity index (χ2n) is 8.51. The molecule has 4 aliphatic heterocycles. The van der Waals surface area contributed by atoms with Crippen molar-refractivity contribution in [2.45, 2.75) is 25.3 Å². The fourth-order valence-corrected chi connectivity index (χ4v) is 5.34. The Morgan fingerprint density at radius 2 is 1.77 bits per heavy atom. The lowest BCUT2D eigenvalue weighted by Gasteiger charge is -2.43. The first-order valence-corrected chi connectivity index (χ1v) is 10.8. The standard InChI is InChI=1S/C25H27FN2O2/c1-30-24(22-16-27-13-10-18(22)11-14-27)25(29)28-15-12-17-4-2-3-5-21(17)23(28)19-6-8-20(26)9-7-19/h2-9,18,23H,10-16H2,1H3/b24-22-/t23-/m0/s1. The number of methoxy groups -OCH3 is 1. The van der Waals surface area contributed by atoms with Gasteiger partial charge in [0.2, 0.25) is 0 Å². The van der Waals surface area contributed by atoms with Crippen molar-refractivity contribution in [1.29, 1.82) is 0 Å². The summed E-state index contributed by atoms with van der Waals surface area (Å²) in [6, 6.07) is 14.5. The van der Waals surface area contributed by atoms with Crippen molar-refractivity contribution >= 4 is 5.91 Å². The van der Waals surface area contributed by atoms with Crippen LogP contribution >= 0.6 is 0 Å². The molecule has 0 unspecified atom stereocenters. The molecule has 0 aliphatic carbocycles. The van der Waals surface area contributed by atoms with E-state index in [1.54, 1.807) is 19.2 Å². The van der Waals surface area contributed by atoms with E-state index in [0.717, 1.165) is 55.6 Å². The average Bonchev–Trinajstić information content (AvgIpc) is 2.80. The van der Waals surface area contributed by atoms with Gasteiger partial charge in [-0.3, -0.25) is 9.69 Å². The lowest BCUT2D eigenvalue weighted by Crippen LogP contribution is -2.46. The number of hydrogen-bond donors (Lipinski definition) is 0. The fourth-order valence-electron chi connectivity index (χ4n) is 5.34. The summed E-state index contributed by atoms with van der Waals surface area (Å²) in [5.74, 6) is 0.629. The maximum Gasteiger partial charge on any atom is 0.289 e. The lowest BCUT2D eigenvalue weighted by molar-refractivity contribution is -0.132. The summed E-state index contributed by atoms with van der Waals surface area (Å²) in [6.45, 7) is 3.65. The van der Waals surface area contributed by atoms with Crippen LogP contribution in [-0.2, 0) is 16.0 Å². The largest absolute Gasteiger partial charge is 0.491 e. The van der Waals surface area contributed by atoms with Crippen LogP contribution in [0.25, 0.3) is 0 Å². The van der Waals surface area contributed by atoms with Gasteiger partial charge in [0.15, 0.2) is 5.76 Å². The molecule has 0 radical (unpaired) electrons. The van der Waals surface area contributed by atoms with Crippen molar-refractivity contribution in [1.82, 2.24) is 9.80 Å². The van der Waals surface area contributed by atoms with E-state index in [0.29, 0.717) is 18.2 Å². The van der Waals surface area contributed by atoms with E-state index in [2.05, 4.69) is 17.0 Å². The summed E-state index contributed by atoms with van der Waals surface area (Å²) in [6.07, 6.45) is 3.00. The van der Waals surface area contributed by atoms with Gasteiger partial charge in [-0.05, 0) is 72.7 Å². The number of carbonyl (C=O) groups is 1. The Bertz CT molecular complexity index is 977. The third kappa shape index (κ3) is 3.31. The molecule has 30 heavy (non-hydrogen) atoms. The number of nitrogens with zero attached hydrogens (tertiary/aromatic N) is 2. The zero-order chi connectivity index (χ0) is 20.7. The smallest absolute Gasteiger partial charge is 0.289 e. The van der Waals surface area contributed by atoms with E-state index >= 15 is 0 Å². The van der Waals surface area contributed by atoms with E-state index in [9.17, 15) is 9.18 Å². The van der Waals surface area contributed by atoms with Crippen molar-refractivity contribution in [3.63, 3.8) is 0 Å². The van der Waals surface area contributed by atoms with E-state index in [-0.39, 0.29) is 17.8 Å². The van der Waals surface area contributed by atoms with E-state index in [1.807, 2.05) is 17.0 Å². The number of piperidine rings is 3. The summed E-state index contributed by atoms with van der Waals surface area (Å²) in [5, 5.41) is 0. The minimum atomic E-state index is -0.271. The first-order valence-electron chi connectivity index (χ1n) is 10.8. The Hall–Kier alpha value is -2.66. The number of halogens is 1.